The monoisotopic (exact) mass is 398 g/mol. The highest BCUT2D eigenvalue weighted by Gasteiger charge is 2.25. The van der Waals surface area contributed by atoms with Crippen LogP contribution in [0.5, 0.6) is 0 Å². The maximum atomic E-state index is 13.7. The van der Waals surface area contributed by atoms with Crippen molar-refractivity contribution in [2.75, 3.05) is 13.1 Å². The fourth-order valence-corrected chi connectivity index (χ4v) is 3.84. The summed E-state index contributed by atoms with van der Waals surface area (Å²) in [4.78, 5) is 22.7. The summed E-state index contributed by atoms with van der Waals surface area (Å²) in [6, 6.07) is 9.85. The summed E-state index contributed by atoms with van der Waals surface area (Å²) in [5.41, 5.74) is 3.09. The Morgan fingerprint density at radius 2 is 1.93 bits per heavy atom. The van der Waals surface area contributed by atoms with Gasteiger partial charge in [0.15, 0.2) is 0 Å². The van der Waals surface area contributed by atoms with Crippen molar-refractivity contribution in [2.45, 2.75) is 32.9 Å². The fraction of sp³-hybridized carbons (Fsp3) is 0.364. The molecule has 1 saturated heterocycles. The predicted octanol–water partition coefficient (Wildman–Crippen LogP) is 3.68. The largest absolute Gasteiger partial charge is 0.352 e. The van der Waals surface area contributed by atoms with E-state index in [9.17, 15) is 13.6 Å². The Morgan fingerprint density at radius 1 is 1.21 bits per heavy atom. The highest BCUT2D eigenvalue weighted by atomic mass is 19.1. The van der Waals surface area contributed by atoms with Gasteiger partial charge in [-0.15, -0.1) is 0 Å². The molecule has 3 aromatic rings. The first-order valence-electron chi connectivity index (χ1n) is 9.88. The number of rotatable bonds is 5. The van der Waals surface area contributed by atoms with Gasteiger partial charge in [0.2, 0.25) is 5.91 Å². The number of likely N-dealkylation sites (tertiary alicyclic amines) is 1. The SMILES string of the molecule is Cc1ccc2nc(CN3CCC(C(=O)NCc4c(F)cccc4F)CC3)[nH]c2c1. The van der Waals surface area contributed by atoms with E-state index in [0.717, 1.165) is 29.9 Å². The number of halogens is 2. The van der Waals surface area contributed by atoms with E-state index in [-0.39, 0.29) is 23.9 Å². The number of hydrogen-bond acceptors (Lipinski definition) is 3. The number of carbonyl (C=O) groups is 1. The van der Waals surface area contributed by atoms with Crippen molar-refractivity contribution in [3.63, 3.8) is 0 Å². The molecule has 1 fully saturated rings. The van der Waals surface area contributed by atoms with Gasteiger partial charge >= 0.3 is 0 Å². The van der Waals surface area contributed by atoms with Crippen molar-refractivity contribution in [3.8, 4) is 0 Å². The van der Waals surface area contributed by atoms with Crippen LogP contribution in [-0.4, -0.2) is 33.9 Å². The number of benzene rings is 2. The summed E-state index contributed by atoms with van der Waals surface area (Å²) < 4.78 is 27.4. The number of aryl methyl sites for hydroxylation is 1. The summed E-state index contributed by atoms with van der Waals surface area (Å²) >= 11 is 0. The third kappa shape index (κ3) is 4.45. The van der Waals surface area contributed by atoms with Crippen LogP contribution < -0.4 is 5.32 Å². The molecule has 0 radical (unpaired) electrons. The molecule has 152 valence electrons. The van der Waals surface area contributed by atoms with E-state index in [1.165, 1.54) is 23.8 Å². The molecule has 2 N–H and O–H groups in total. The predicted molar refractivity (Wildman–Crippen MR) is 107 cm³/mol. The van der Waals surface area contributed by atoms with Gasteiger partial charge in [0.1, 0.15) is 17.5 Å². The molecule has 0 spiro atoms. The third-order valence-corrected chi connectivity index (χ3v) is 5.52. The van der Waals surface area contributed by atoms with Crippen molar-refractivity contribution in [1.82, 2.24) is 20.2 Å². The molecule has 0 bridgehead atoms. The number of nitrogens with one attached hydrogen (secondary N) is 2. The molecular formula is C22H24F2N4O. The summed E-state index contributed by atoms with van der Waals surface area (Å²) in [6.45, 7) is 4.19. The van der Waals surface area contributed by atoms with Crippen LogP contribution in [0.3, 0.4) is 0 Å². The van der Waals surface area contributed by atoms with Crippen LogP contribution in [-0.2, 0) is 17.9 Å². The lowest BCUT2D eigenvalue weighted by molar-refractivity contribution is -0.126. The van der Waals surface area contributed by atoms with Crippen LogP contribution in [0.15, 0.2) is 36.4 Å². The first-order chi connectivity index (χ1) is 14.0. The second kappa shape index (κ2) is 8.29. The number of amides is 1. The number of H-pyrrole nitrogens is 1. The molecule has 29 heavy (non-hydrogen) atoms. The molecule has 2 heterocycles. The van der Waals surface area contributed by atoms with Crippen LogP contribution in [0.1, 0.15) is 29.8 Å². The zero-order valence-corrected chi connectivity index (χ0v) is 16.3. The average Bonchev–Trinajstić information content (AvgIpc) is 3.09. The zero-order chi connectivity index (χ0) is 20.4. The van der Waals surface area contributed by atoms with Crippen molar-refractivity contribution < 1.29 is 13.6 Å². The van der Waals surface area contributed by atoms with Gasteiger partial charge in [-0.3, -0.25) is 9.69 Å². The van der Waals surface area contributed by atoms with E-state index in [0.29, 0.717) is 19.4 Å². The number of piperidine rings is 1. The Labute approximate surface area is 168 Å². The molecule has 1 aromatic heterocycles. The first-order valence-corrected chi connectivity index (χ1v) is 9.88. The number of aromatic nitrogens is 2. The smallest absolute Gasteiger partial charge is 0.223 e. The Bertz CT molecular complexity index is 1000. The molecule has 0 aliphatic carbocycles. The van der Waals surface area contributed by atoms with Gasteiger partial charge < -0.3 is 10.3 Å². The Kier molecular flexibility index (Phi) is 5.58. The Balaban J connectivity index is 1.29. The minimum atomic E-state index is -0.638. The molecule has 0 atom stereocenters. The molecule has 1 aliphatic heterocycles. The normalized spacial score (nSPS) is 15.7. The number of aromatic amines is 1. The lowest BCUT2D eigenvalue weighted by Gasteiger charge is -2.30. The van der Waals surface area contributed by atoms with E-state index in [1.807, 2.05) is 12.1 Å². The lowest BCUT2D eigenvalue weighted by atomic mass is 9.96. The van der Waals surface area contributed by atoms with E-state index in [4.69, 9.17) is 0 Å². The van der Waals surface area contributed by atoms with Gasteiger partial charge in [-0.05, 0) is 62.7 Å². The second-order valence-corrected chi connectivity index (χ2v) is 7.67. The van der Waals surface area contributed by atoms with E-state index >= 15 is 0 Å². The van der Waals surface area contributed by atoms with E-state index < -0.39 is 11.6 Å². The van der Waals surface area contributed by atoms with Crippen molar-refractivity contribution >= 4 is 16.9 Å². The second-order valence-electron chi connectivity index (χ2n) is 7.67. The van der Waals surface area contributed by atoms with Crippen molar-refractivity contribution in [1.29, 1.82) is 0 Å². The van der Waals surface area contributed by atoms with Gasteiger partial charge in [-0.1, -0.05) is 12.1 Å². The average molecular weight is 398 g/mol. The van der Waals surface area contributed by atoms with Gasteiger partial charge in [0.05, 0.1) is 17.6 Å². The van der Waals surface area contributed by atoms with Crippen LogP contribution in [0.2, 0.25) is 0 Å². The van der Waals surface area contributed by atoms with Crippen LogP contribution in [0.4, 0.5) is 8.78 Å². The zero-order valence-electron chi connectivity index (χ0n) is 16.3. The Hall–Kier alpha value is -2.80. The molecular weight excluding hydrogens is 374 g/mol. The molecule has 0 saturated carbocycles. The maximum Gasteiger partial charge on any atom is 0.223 e. The van der Waals surface area contributed by atoms with Gasteiger partial charge in [-0.2, -0.15) is 0 Å². The van der Waals surface area contributed by atoms with E-state index in [2.05, 4.69) is 33.2 Å². The summed E-state index contributed by atoms with van der Waals surface area (Å²) in [5, 5.41) is 2.68. The fourth-order valence-electron chi connectivity index (χ4n) is 3.84. The number of hydrogen-bond donors (Lipinski definition) is 2. The van der Waals surface area contributed by atoms with Crippen LogP contribution >= 0.6 is 0 Å². The number of imidazole rings is 1. The van der Waals surface area contributed by atoms with Gasteiger partial charge in [0, 0.05) is 18.0 Å². The third-order valence-electron chi connectivity index (χ3n) is 5.52. The van der Waals surface area contributed by atoms with Gasteiger partial charge in [0.25, 0.3) is 0 Å². The highest BCUT2D eigenvalue weighted by Crippen LogP contribution is 2.21. The van der Waals surface area contributed by atoms with Gasteiger partial charge in [-0.25, -0.2) is 13.8 Å². The molecule has 5 nitrogen and oxygen atoms in total. The minimum absolute atomic E-state index is 0.0987. The molecule has 1 aliphatic rings. The topological polar surface area (TPSA) is 61.0 Å². The first kappa shape index (κ1) is 19.5. The Morgan fingerprint density at radius 3 is 2.66 bits per heavy atom. The molecule has 4 rings (SSSR count). The number of nitrogens with zero attached hydrogens (tertiary/aromatic N) is 2. The number of fused-ring (bicyclic) bond motifs is 1. The van der Waals surface area contributed by atoms with E-state index in [1.54, 1.807) is 0 Å². The molecule has 1 amide bonds. The standard InChI is InChI=1S/C22H24F2N4O/c1-14-5-6-19-20(11-14)27-21(26-19)13-28-9-7-15(8-10-28)22(29)25-12-16-17(23)3-2-4-18(16)24/h2-6,11,15H,7-10,12-13H2,1H3,(H,25,29)(H,26,27). The number of carbonyl (C=O) groups excluding carboxylic acids is 1. The lowest BCUT2D eigenvalue weighted by Crippen LogP contribution is -2.40. The van der Waals surface area contributed by atoms with Crippen molar-refractivity contribution in [3.05, 3.63) is 65.0 Å². The van der Waals surface area contributed by atoms with Crippen molar-refractivity contribution in [2.24, 2.45) is 5.92 Å². The molecule has 7 heteroatoms. The summed E-state index contributed by atoms with van der Waals surface area (Å²) in [7, 11) is 0. The summed E-state index contributed by atoms with van der Waals surface area (Å²) in [5.74, 6) is -0.642. The highest BCUT2D eigenvalue weighted by molar-refractivity contribution is 5.78. The van der Waals surface area contributed by atoms with Crippen LogP contribution in [0, 0.1) is 24.5 Å². The van der Waals surface area contributed by atoms with Crippen LogP contribution in [0.25, 0.3) is 11.0 Å². The molecule has 0 unspecified atom stereocenters. The minimum Gasteiger partial charge on any atom is -0.352 e. The maximum absolute atomic E-state index is 13.7. The quantitative estimate of drug-likeness (QED) is 0.689. The summed E-state index contributed by atoms with van der Waals surface area (Å²) in [6.07, 6.45) is 1.43. The molecule has 2 aromatic carbocycles.